The van der Waals surface area contributed by atoms with Crippen molar-refractivity contribution < 1.29 is 0 Å². The molecular weight excluding hydrogens is 408 g/mol. The highest BCUT2D eigenvalue weighted by Crippen LogP contribution is 2.38. The van der Waals surface area contributed by atoms with Crippen molar-refractivity contribution >= 4 is 43.2 Å². The van der Waals surface area contributed by atoms with E-state index < -0.39 is 0 Å². The molecule has 6 rings (SSSR count). The second kappa shape index (κ2) is 7.61. The van der Waals surface area contributed by atoms with Crippen LogP contribution in [-0.4, -0.2) is 9.55 Å². The molecule has 156 valence electrons. The molecule has 0 radical (unpaired) electrons. The quantitative estimate of drug-likeness (QED) is 0.274. The summed E-state index contributed by atoms with van der Waals surface area (Å²) in [4.78, 5) is 5.15. The average molecular weight is 433 g/mol. The van der Waals surface area contributed by atoms with E-state index in [0.717, 1.165) is 23.3 Å². The molecule has 0 bridgehead atoms. The van der Waals surface area contributed by atoms with Crippen LogP contribution in [0.5, 0.6) is 0 Å². The number of rotatable bonds is 4. The fraction of sp³-hybridized carbons (Fsp3) is 0.138. The van der Waals surface area contributed by atoms with Gasteiger partial charge in [0.2, 0.25) is 0 Å². The number of fused-ring (bicyclic) bond motifs is 3. The minimum Gasteiger partial charge on any atom is -0.292 e. The van der Waals surface area contributed by atoms with E-state index in [1.165, 1.54) is 37.7 Å². The Morgan fingerprint density at radius 2 is 1.66 bits per heavy atom. The van der Waals surface area contributed by atoms with E-state index in [1.807, 2.05) is 0 Å². The number of hydrogen-bond donors (Lipinski definition) is 0. The number of para-hydroxylation sites is 2. The fourth-order valence-corrected chi connectivity index (χ4v) is 5.62. The van der Waals surface area contributed by atoms with E-state index in [2.05, 4.69) is 109 Å². The fourth-order valence-electron chi connectivity index (χ4n) is 4.70. The van der Waals surface area contributed by atoms with Gasteiger partial charge in [0.15, 0.2) is 0 Å². The highest BCUT2D eigenvalue weighted by molar-refractivity contribution is 7.17. The van der Waals surface area contributed by atoms with Crippen LogP contribution in [-0.2, 0) is 6.42 Å². The van der Waals surface area contributed by atoms with Crippen molar-refractivity contribution in [2.45, 2.75) is 20.3 Å². The first-order chi connectivity index (χ1) is 15.7. The average Bonchev–Trinajstić information content (AvgIpc) is 3.39. The van der Waals surface area contributed by atoms with Crippen LogP contribution >= 0.6 is 11.3 Å². The predicted molar refractivity (Wildman–Crippen MR) is 138 cm³/mol. The number of aromatic nitrogens is 2. The largest absolute Gasteiger partial charge is 0.292 e. The lowest BCUT2D eigenvalue weighted by Gasteiger charge is -2.13. The molecule has 2 nitrogen and oxygen atoms in total. The second-order valence-corrected chi connectivity index (χ2v) is 9.75. The smallest absolute Gasteiger partial charge is 0.147 e. The zero-order valence-electron chi connectivity index (χ0n) is 18.2. The monoisotopic (exact) mass is 432 g/mol. The summed E-state index contributed by atoms with van der Waals surface area (Å²) in [7, 11) is 0. The molecule has 0 aliphatic heterocycles. The van der Waals surface area contributed by atoms with Gasteiger partial charge in [-0.15, -0.1) is 11.3 Å². The van der Waals surface area contributed by atoms with Gasteiger partial charge in [0.25, 0.3) is 0 Å². The lowest BCUT2D eigenvalue weighted by atomic mass is 10.0. The van der Waals surface area contributed by atoms with Crippen LogP contribution in [0.4, 0.5) is 0 Å². The van der Waals surface area contributed by atoms with Crippen molar-refractivity contribution in [2.75, 3.05) is 0 Å². The maximum Gasteiger partial charge on any atom is 0.147 e. The molecule has 0 aliphatic carbocycles. The van der Waals surface area contributed by atoms with Crippen molar-refractivity contribution in [1.29, 1.82) is 0 Å². The molecule has 0 atom stereocenters. The third-order valence-corrected chi connectivity index (χ3v) is 7.05. The van der Waals surface area contributed by atoms with Crippen molar-refractivity contribution in [3.63, 3.8) is 0 Å². The third kappa shape index (κ3) is 3.12. The van der Waals surface area contributed by atoms with Crippen molar-refractivity contribution in [3.05, 3.63) is 95.9 Å². The zero-order valence-corrected chi connectivity index (χ0v) is 19.1. The van der Waals surface area contributed by atoms with Gasteiger partial charge in [-0.25, -0.2) is 4.98 Å². The van der Waals surface area contributed by atoms with Crippen molar-refractivity contribution in [1.82, 2.24) is 9.55 Å². The van der Waals surface area contributed by atoms with Crippen LogP contribution in [0.15, 0.2) is 90.3 Å². The maximum absolute atomic E-state index is 5.15. The van der Waals surface area contributed by atoms with Gasteiger partial charge in [0, 0.05) is 26.4 Å². The maximum atomic E-state index is 5.15. The highest BCUT2D eigenvalue weighted by atomic mass is 32.1. The number of benzene rings is 4. The van der Waals surface area contributed by atoms with E-state index in [9.17, 15) is 0 Å². The van der Waals surface area contributed by atoms with Crippen LogP contribution in [0.2, 0.25) is 0 Å². The van der Waals surface area contributed by atoms with Gasteiger partial charge in [0.05, 0.1) is 16.7 Å². The molecule has 0 saturated heterocycles. The Morgan fingerprint density at radius 3 is 2.56 bits per heavy atom. The third-order valence-electron chi connectivity index (χ3n) is 6.09. The summed E-state index contributed by atoms with van der Waals surface area (Å²) in [6.07, 6.45) is 1.09. The molecule has 0 spiro atoms. The van der Waals surface area contributed by atoms with E-state index >= 15 is 0 Å². The molecule has 0 N–H and O–H groups in total. The van der Waals surface area contributed by atoms with Gasteiger partial charge in [-0.3, -0.25) is 4.57 Å². The minimum absolute atomic E-state index is 0.634. The Bertz CT molecular complexity index is 1580. The SMILES string of the molecule is CC(C)Cc1ccc2scc(-c3nc4ccccc4n3-c3cccc4ccccc34)c2c1. The normalized spacial score (nSPS) is 11.8. The highest BCUT2D eigenvalue weighted by Gasteiger charge is 2.19. The van der Waals surface area contributed by atoms with E-state index in [4.69, 9.17) is 4.98 Å². The minimum atomic E-state index is 0.634. The van der Waals surface area contributed by atoms with E-state index in [-0.39, 0.29) is 0 Å². The summed E-state index contributed by atoms with van der Waals surface area (Å²) in [6, 6.07) is 30.5. The molecule has 0 fully saturated rings. The summed E-state index contributed by atoms with van der Waals surface area (Å²) in [5.41, 5.74) is 5.92. The molecule has 4 aromatic carbocycles. The first-order valence-corrected chi connectivity index (χ1v) is 12.0. The molecule has 0 unspecified atom stereocenters. The zero-order chi connectivity index (χ0) is 21.7. The molecule has 0 amide bonds. The molecule has 2 aromatic heterocycles. The van der Waals surface area contributed by atoms with Gasteiger partial charge < -0.3 is 0 Å². The van der Waals surface area contributed by atoms with Crippen LogP contribution in [0, 0.1) is 5.92 Å². The summed E-state index contributed by atoms with van der Waals surface area (Å²) in [5.74, 6) is 1.64. The lowest BCUT2D eigenvalue weighted by molar-refractivity contribution is 0.648. The van der Waals surface area contributed by atoms with Gasteiger partial charge in [0.1, 0.15) is 5.82 Å². The molecule has 3 heteroatoms. The summed E-state index contributed by atoms with van der Waals surface area (Å²) in [6.45, 7) is 4.55. The Balaban J connectivity index is 1.67. The standard InChI is InChI=1S/C29H24N2S/c1-19(2)16-20-14-15-28-23(17-20)24(18-32-28)29-30-25-11-5-6-12-27(25)31(29)26-13-7-9-21-8-3-4-10-22(21)26/h3-15,17-19H,16H2,1-2H3. The summed E-state index contributed by atoms with van der Waals surface area (Å²) in [5, 5.41) is 6.04. The second-order valence-electron chi connectivity index (χ2n) is 8.84. The van der Waals surface area contributed by atoms with Gasteiger partial charge in [-0.2, -0.15) is 0 Å². The number of thiophene rings is 1. The Morgan fingerprint density at radius 1 is 0.844 bits per heavy atom. The molecule has 2 heterocycles. The van der Waals surface area contributed by atoms with Crippen LogP contribution < -0.4 is 0 Å². The van der Waals surface area contributed by atoms with Gasteiger partial charge in [-0.1, -0.05) is 68.4 Å². The Labute approximate surface area is 191 Å². The Hall–Kier alpha value is -3.43. The summed E-state index contributed by atoms with van der Waals surface area (Å²) < 4.78 is 3.65. The van der Waals surface area contributed by atoms with Gasteiger partial charge >= 0.3 is 0 Å². The van der Waals surface area contributed by atoms with Crippen molar-refractivity contribution in [3.8, 4) is 17.1 Å². The first-order valence-electron chi connectivity index (χ1n) is 11.1. The number of hydrogen-bond acceptors (Lipinski definition) is 2. The van der Waals surface area contributed by atoms with Crippen molar-refractivity contribution in [2.24, 2.45) is 5.92 Å². The van der Waals surface area contributed by atoms with E-state index in [0.29, 0.717) is 5.92 Å². The van der Waals surface area contributed by atoms with Crippen LogP contribution in [0.25, 0.3) is 49.0 Å². The predicted octanol–water partition coefficient (Wildman–Crippen LogP) is 8.26. The molecule has 6 aromatic rings. The lowest BCUT2D eigenvalue weighted by Crippen LogP contribution is -1.98. The molecule has 0 aliphatic rings. The number of nitrogens with zero attached hydrogens (tertiary/aromatic N) is 2. The van der Waals surface area contributed by atoms with E-state index in [1.54, 1.807) is 11.3 Å². The molecule has 32 heavy (non-hydrogen) atoms. The van der Waals surface area contributed by atoms with Crippen LogP contribution in [0.1, 0.15) is 19.4 Å². The first kappa shape index (κ1) is 19.3. The Kier molecular flexibility index (Phi) is 4.58. The topological polar surface area (TPSA) is 17.8 Å². The number of imidazole rings is 1. The van der Waals surface area contributed by atoms with Gasteiger partial charge in [-0.05, 0) is 53.6 Å². The molecular formula is C29H24N2S. The molecule has 0 saturated carbocycles. The summed E-state index contributed by atoms with van der Waals surface area (Å²) >= 11 is 1.80. The van der Waals surface area contributed by atoms with Crippen LogP contribution in [0.3, 0.4) is 0 Å².